The molecule has 2 amide bonds. The number of fused-ring (bicyclic) bond motifs is 1. The maximum Gasteiger partial charge on any atom is 0.270 e. The number of pyridine rings is 1. The van der Waals surface area contributed by atoms with Crippen LogP contribution in [0.5, 0.6) is 5.75 Å². The van der Waals surface area contributed by atoms with E-state index in [9.17, 15) is 14.0 Å². The van der Waals surface area contributed by atoms with Crippen molar-refractivity contribution in [3.8, 4) is 5.75 Å². The number of carbonyl (C=O) groups is 2. The fourth-order valence-electron chi connectivity index (χ4n) is 6.59. The van der Waals surface area contributed by atoms with E-state index < -0.39 is 11.6 Å². The molecular weight excluding hydrogens is 622 g/mol. The van der Waals surface area contributed by atoms with Crippen molar-refractivity contribution in [2.75, 3.05) is 64.5 Å². The van der Waals surface area contributed by atoms with Gasteiger partial charge < -0.3 is 29.2 Å². The Balaban J connectivity index is 1.14. The van der Waals surface area contributed by atoms with Crippen LogP contribution in [-0.4, -0.2) is 106 Å². The lowest BCUT2D eigenvalue weighted by atomic mass is 9.92. The van der Waals surface area contributed by atoms with Crippen LogP contribution in [0.1, 0.15) is 40.9 Å². The first kappa shape index (κ1) is 31.5. The number of rotatable bonds is 8. The molecule has 4 aromatic rings. The van der Waals surface area contributed by atoms with E-state index in [0.717, 1.165) is 29.3 Å². The molecule has 0 spiro atoms. The maximum atomic E-state index is 16.5. The third-order valence-electron chi connectivity index (χ3n) is 9.10. The number of hydrogen-bond acceptors (Lipinski definition) is 8. The first-order valence-corrected chi connectivity index (χ1v) is 16.1. The van der Waals surface area contributed by atoms with Crippen LogP contribution in [0.4, 0.5) is 14.6 Å². The van der Waals surface area contributed by atoms with Crippen molar-refractivity contribution in [3.63, 3.8) is 0 Å². The zero-order valence-corrected chi connectivity index (χ0v) is 26.6. The van der Waals surface area contributed by atoms with Gasteiger partial charge in [0.2, 0.25) is 5.91 Å². The molecule has 1 aromatic carbocycles. The number of hydrogen-bond donors (Lipinski definition) is 1. The van der Waals surface area contributed by atoms with Crippen LogP contribution in [0.3, 0.4) is 0 Å². The number of piperazine rings is 1. The molecule has 0 atom stereocenters. The number of halogens is 2. The van der Waals surface area contributed by atoms with Gasteiger partial charge in [-0.3, -0.25) is 14.3 Å². The van der Waals surface area contributed by atoms with Crippen molar-refractivity contribution in [2.24, 2.45) is 0 Å². The van der Waals surface area contributed by atoms with Crippen LogP contribution in [-0.2, 0) is 16.1 Å². The van der Waals surface area contributed by atoms with Crippen molar-refractivity contribution in [3.05, 3.63) is 77.4 Å². The number of benzene rings is 1. The Morgan fingerprint density at radius 1 is 1.00 bits per heavy atom. The predicted octanol–water partition coefficient (Wildman–Crippen LogP) is 3.91. The van der Waals surface area contributed by atoms with Gasteiger partial charge in [0.25, 0.3) is 5.91 Å². The van der Waals surface area contributed by atoms with Gasteiger partial charge in [-0.1, -0.05) is 17.4 Å². The summed E-state index contributed by atoms with van der Waals surface area (Å²) in [5.41, 5.74) is 3.37. The Hall–Kier alpha value is -5.11. The van der Waals surface area contributed by atoms with Crippen LogP contribution in [0.15, 0.2) is 48.9 Å². The number of aryl methyl sites for hydroxylation is 1. The van der Waals surface area contributed by atoms with Crippen LogP contribution < -0.4 is 9.64 Å². The van der Waals surface area contributed by atoms with Crippen molar-refractivity contribution in [1.82, 2.24) is 34.8 Å². The lowest BCUT2D eigenvalue weighted by Crippen LogP contribution is -2.49. The quantitative estimate of drug-likeness (QED) is 0.303. The number of amides is 2. The van der Waals surface area contributed by atoms with Gasteiger partial charge in [0.1, 0.15) is 11.5 Å². The number of aromatic nitrogens is 5. The second-order valence-corrected chi connectivity index (χ2v) is 12.0. The van der Waals surface area contributed by atoms with Gasteiger partial charge in [-0.05, 0) is 41.7 Å². The SMILES string of the molecule is COc1cc(F)cnc1N1CCN(C(=O)c2cc3c(C4=CCCOC4)cc(C4=CCCN(C(=O)CCn5ccnn5)C4)c(F)c3[nH]2)CC1. The molecule has 3 aliphatic rings. The molecule has 3 aliphatic heterocycles. The number of ether oxygens (including phenoxy) is 2. The number of methoxy groups -OCH3 is 1. The molecule has 1 N–H and O–H groups in total. The summed E-state index contributed by atoms with van der Waals surface area (Å²) >= 11 is 0. The molecule has 3 aromatic heterocycles. The molecule has 0 radical (unpaired) electrons. The van der Waals surface area contributed by atoms with Crippen LogP contribution in [0.2, 0.25) is 0 Å². The Bertz CT molecular complexity index is 1900. The Labute approximate surface area is 275 Å². The average Bonchev–Trinajstić information content (AvgIpc) is 3.82. The van der Waals surface area contributed by atoms with Gasteiger partial charge in [0.05, 0.1) is 44.8 Å². The number of H-pyrrole nitrogens is 1. The summed E-state index contributed by atoms with van der Waals surface area (Å²) in [7, 11) is 1.47. The normalized spacial score (nSPS) is 17.0. The highest BCUT2D eigenvalue weighted by atomic mass is 19.1. The van der Waals surface area contributed by atoms with E-state index in [0.29, 0.717) is 81.4 Å². The summed E-state index contributed by atoms with van der Waals surface area (Å²) in [5, 5.41) is 8.32. The minimum Gasteiger partial charge on any atom is -0.493 e. The van der Waals surface area contributed by atoms with E-state index in [1.165, 1.54) is 13.2 Å². The molecule has 12 nitrogen and oxygen atoms in total. The molecular formula is C34H36F2N8O4. The summed E-state index contributed by atoms with van der Waals surface area (Å²) in [6.07, 6.45) is 10.1. The highest BCUT2D eigenvalue weighted by molar-refractivity contribution is 6.03. The summed E-state index contributed by atoms with van der Waals surface area (Å²) in [4.78, 5) is 39.6. The average molecular weight is 659 g/mol. The van der Waals surface area contributed by atoms with Gasteiger partial charge in [-0.15, -0.1) is 5.10 Å². The van der Waals surface area contributed by atoms with E-state index in [1.54, 1.807) is 32.9 Å². The first-order valence-electron chi connectivity index (χ1n) is 16.1. The molecule has 7 rings (SSSR count). The molecule has 1 saturated heterocycles. The van der Waals surface area contributed by atoms with E-state index >= 15 is 4.39 Å². The number of nitrogens with zero attached hydrogens (tertiary/aromatic N) is 7. The number of anilines is 1. The van der Waals surface area contributed by atoms with Crippen LogP contribution in [0, 0.1) is 11.6 Å². The fourth-order valence-corrected chi connectivity index (χ4v) is 6.59. The third-order valence-corrected chi connectivity index (χ3v) is 9.10. The molecule has 1 fully saturated rings. The minimum absolute atomic E-state index is 0.0392. The van der Waals surface area contributed by atoms with Crippen LogP contribution >= 0.6 is 0 Å². The smallest absolute Gasteiger partial charge is 0.270 e. The predicted molar refractivity (Wildman–Crippen MR) is 174 cm³/mol. The minimum atomic E-state index is -0.487. The highest BCUT2D eigenvalue weighted by Crippen LogP contribution is 2.36. The Kier molecular flexibility index (Phi) is 8.89. The number of nitrogens with one attached hydrogen (secondary N) is 1. The lowest BCUT2D eigenvalue weighted by Gasteiger charge is -2.35. The molecule has 14 heteroatoms. The van der Waals surface area contributed by atoms with E-state index in [4.69, 9.17) is 9.47 Å². The first-order chi connectivity index (χ1) is 23.4. The summed E-state index contributed by atoms with van der Waals surface area (Å²) in [6.45, 7) is 3.95. The van der Waals surface area contributed by atoms with E-state index in [-0.39, 0.29) is 36.0 Å². The van der Waals surface area contributed by atoms with Crippen molar-refractivity contribution >= 4 is 39.7 Å². The maximum absolute atomic E-state index is 16.5. The highest BCUT2D eigenvalue weighted by Gasteiger charge is 2.29. The molecule has 48 heavy (non-hydrogen) atoms. The topological polar surface area (TPSA) is 122 Å². The summed E-state index contributed by atoms with van der Waals surface area (Å²) < 4.78 is 42.9. The van der Waals surface area contributed by atoms with E-state index in [1.807, 2.05) is 17.0 Å². The molecule has 0 saturated carbocycles. The number of aromatic amines is 1. The summed E-state index contributed by atoms with van der Waals surface area (Å²) in [5.74, 6) is -0.385. The van der Waals surface area contributed by atoms with Gasteiger partial charge in [-0.2, -0.15) is 0 Å². The van der Waals surface area contributed by atoms with Gasteiger partial charge in [0, 0.05) is 68.9 Å². The molecule has 6 heterocycles. The largest absolute Gasteiger partial charge is 0.493 e. The molecule has 250 valence electrons. The molecule has 0 aliphatic carbocycles. The fraction of sp³-hybridized carbons (Fsp3) is 0.382. The molecule has 0 bridgehead atoms. The Morgan fingerprint density at radius 3 is 2.58 bits per heavy atom. The second kappa shape index (κ2) is 13.6. The lowest BCUT2D eigenvalue weighted by molar-refractivity contribution is -0.131. The summed E-state index contributed by atoms with van der Waals surface area (Å²) in [6, 6.07) is 4.84. The standard InChI is InChI=1S/C34H36F2N8O4/c1-47-29-16-24(35)19-37-33(29)41-11-13-42(14-12-41)34(46)28-18-27-25(23-5-3-15-48-21-23)17-26(31(36)32(27)39-28)22-4-2-8-43(20-22)30(45)6-9-44-10-7-38-40-44/h4-5,7,10,16-19,39H,2-3,6,8-9,11-15,20-21H2,1H3. The zero-order valence-electron chi connectivity index (χ0n) is 26.6. The van der Waals surface area contributed by atoms with Crippen LogP contribution in [0.25, 0.3) is 22.0 Å². The third kappa shape index (κ3) is 6.27. The second-order valence-electron chi connectivity index (χ2n) is 12.0. The van der Waals surface area contributed by atoms with Crippen molar-refractivity contribution < 1.29 is 27.8 Å². The monoisotopic (exact) mass is 658 g/mol. The van der Waals surface area contributed by atoms with Gasteiger partial charge >= 0.3 is 0 Å². The van der Waals surface area contributed by atoms with Gasteiger partial charge in [-0.25, -0.2) is 13.8 Å². The number of carbonyl (C=O) groups excluding carboxylic acids is 2. The van der Waals surface area contributed by atoms with Crippen molar-refractivity contribution in [1.29, 1.82) is 0 Å². The van der Waals surface area contributed by atoms with Gasteiger partial charge in [0.15, 0.2) is 17.4 Å². The van der Waals surface area contributed by atoms with E-state index in [2.05, 4.69) is 26.4 Å². The zero-order chi connectivity index (χ0) is 33.2. The Morgan fingerprint density at radius 2 is 1.83 bits per heavy atom. The van der Waals surface area contributed by atoms with Crippen molar-refractivity contribution in [2.45, 2.75) is 25.8 Å². The molecule has 0 unspecified atom stereocenters.